The van der Waals surface area contributed by atoms with Crippen molar-refractivity contribution < 1.29 is 9.47 Å². The Hall–Kier alpha value is -1.17. The highest BCUT2D eigenvalue weighted by molar-refractivity contribution is 5.55. The summed E-state index contributed by atoms with van der Waals surface area (Å²) in [6.07, 6.45) is 2.20. The third kappa shape index (κ3) is 3.05. The quantitative estimate of drug-likeness (QED) is 0.859. The average Bonchev–Trinajstić information content (AvgIpc) is 2.84. The van der Waals surface area contributed by atoms with E-state index < -0.39 is 0 Å². The van der Waals surface area contributed by atoms with Crippen LogP contribution in [0.1, 0.15) is 11.3 Å². The molecule has 1 aromatic rings. The summed E-state index contributed by atoms with van der Waals surface area (Å²) in [4.78, 5) is 6.70. The van der Waals surface area contributed by atoms with Crippen molar-refractivity contribution in [1.29, 1.82) is 0 Å². The van der Waals surface area contributed by atoms with Gasteiger partial charge in [0.25, 0.3) is 0 Å². The van der Waals surface area contributed by atoms with Crippen molar-refractivity contribution >= 4 is 5.69 Å². The number of aryl methyl sites for hydroxylation is 1. The Morgan fingerprint density at radius 2 is 1.95 bits per heavy atom. The van der Waals surface area contributed by atoms with Gasteiger partial charge in [-0.05, 0) is 20.0 Å². The number of ether oxygens (including phenoxy) is 2. The van der Waals surface area contributed by atoms with Gasteiger partial charge in [-0.1, -0.05) is 0 Å². The van der Waals surface area contributed by atoms with Crippen LogP contribution in [-0.4, -0.2) is 51.5 Å². The van der Waals surface area contributed by atoms with Crippen LogP contribution >= 0.6 is 0 Å². The highest BCUT2D eigenvalue weighted by Gasteiger charge is 2.33. The summed E-state index contributed by atoms with van der Waals surface area (Å²) in [5, 5.41) is 3.19. The van der Waals surface area contributed by atoms with E-state index in [4.69, 9.17) is 9.47 Å². The summed E-state index contributed by atoms with van der Waals surface area (Å²) in [5.41, 5.74) is 3.47. The third-order valence-corrected chi connectivity index (χ3v) is 3.63. The van der Waals surface area contributed by atoms with Gasteiger partial charge >= 0.3 is 0 Å². The molecule has 1 N–H and O–H groups in total. The van der Waals surface area contributed by atoms with Gasteiger partial charge in [0.2, 0.25) is 0 Å². The molecule has 106 valence electrons. The van der Waals surface area contributed by atoms with Gasteiger partial charge in [0.1, 0.15) is 12.2 Å². The van der Waals surface area contributed by atoms with E-state index >= 15 is 0 Å². The van der Waals surface area contributed by atoms with E-state index in [2.05, 4.69) is 21.3 Å². The first-order valence-electron chi connectivity index (χ1n) is 6.60. The van der Waals surface area contributed by atoms with E-state index in [1.807, 2.05) is 20.2 Å². The summed E-state index contributed by atoms with van der Waals surface area (Å²) in [5.74, 6) is 0. The topological polar surface area (TPSA) is 46.6 Å². The molecule has 2 unspecified atom stereocenters. The lowest BCUT2D eigenvalue weighted by atomic mass is 10.2. The van der Waals surface area contributed by atoms with Gasteiger partial charge in [0, 0.05) is 57.0 Å². The van der Waals surface area contributed by atoms with Gasteiger partial charge in [0.05, 0.1) is 0 Å². The number of methoxy groups -OCH3 is 2. The highest BCUT2D eigenvalue weighted by atomic mass is 16.5. The Labute approximate surface area is 114 Å². The minimum Gasteiger partial charge on any atom is -0.377 e. The second-order valence-electron chi connectivity index (χ2n) is 4.94. The Morgan fingerprint density at radius 1 is 1.32 bits per heavy atom. The lowest BCUT2D eigenvalue weighted by Gasteiger charge is -2.22. The minimum atomic E-state index is 0.126. The summed E-state index contributed by atoms with van der Waals surface area (Å²) in [6.45, 7) is 4.54. The molecule has 1 aliphatic heterocycles. The van der Waals surface area contributed by atoms with Gasteiger partial charge < -0.3 is 19.7 Å². The molecular formula is C14H23N3O2. The number of hydrogen-bond acceptors (Lipinski definition) is 5. The predicted octanol–water partition coefficient (Wildman–Crippen LogP) is 0.959. The first kappa shape index (κ1) is 14.2. The molecule has 0 spiro atoms. The molecule has 1 aliphatic rings. The lowest BCUT2D eigenvalue weighted by Crippen LogP contribution is -2.27. The summed E-state index contributed by atoms with van der Waals surface area (Å²) in [7, 11) is 5.43. The monoisotopic (exact) mass is 265 g/mol. The zero-order valence-corrected chi connectivity index (χ0v) is 12.1. The Morgan fingerprint density at radius 3 is 2.47 bits per heavy atom. The van der Waals surface area contributed by atoms with Crippen LogP contribution in [0.3, 0.4) is 0 Å². The standard InChI is InChI=1S/C14H23N3O2/c1-10-5-12(11(6-15-2)7-16-10)17-8-13(18-3)14(9-17)19-4/h5,7,13-15H,6,8-9H2,1-4H3. The smallest absolute Gasteiger partial charge is 0.102 e. The molecule has 5 nitrogen and oxygen atoms in total. The van der Waals surface area contributed by atoms with Crippen LogP contribution in [0.5, 0.6) is 0 Å². The molecule has 19 heavy (non-hydrogen) atoms. The molecule has 2 atom stereocenters. The largest absolute Gasteiger partial charge is 0.377 e. The van der Waals surface area contributed by atoms with Crippen molar-refractivity contribution in [3.05, 3.63) is 23.5 Å². The number of nitrogens with zero attached hydrogens (tertiary/aromatic N) is 2. The van der Waals surface area contributed by atoms with Gasteiger partial charge in [0.15, 0.2) is 0 Å². The van der Waals surface area contributed by atoms with Crippen molar-refractivity contribution in [2.24, 2.45) is 0 Å². The normalized spacial score (nSPS) is 23.1. The minimum absolute atomic E-state index is 0.126. The summed E-state index contributed by atoms with van der Waals surface area (Å²) in [6, 6.07) is 2.14. The predicted molar refractivity (Wildman–Crippen MR) is 75.5 cm³/mol. The molecule has 0 amide bonds. The lowest BCUT2D eigenvalue weighted by molar-refractivity contribution is -0.00461. The van der Waals surface area contributed by atoms with Crippen LogP contribution < -0.4 is 10.2 Å². The van der Waals surface area contributed by atoms with E-state index in [-0.39, 0.29) is 12.2 Å². The fourth-order valence-corrected chi connectivity index (χ4v) is 2.59. The maximum Gasteiger partial charge on any atom is 0.102 e. The van der Waals surface area contributed by atoms with Crippen LogP contribution in [0.15, 0.2) is 12.3 Å². The van der Waals surface area contributed by atoms with Crippen LogP contribution in [0, 0.1) is 6.92 Å². The van der Waals surface area contributed by atoms with Crippen molar-refractivity contribution in [3.63, 3.8) is 0 Å². The summed E-state index contributed by atoms with van der Waals surface area (Å²) < 4.78 is 11.0. The molecule has 2 rings (SSSR count). The number of nitrogens with one attached hydrogen (secondary N) is 1. The van der Waals surface area contributed by atoms with Crippen molar-refractivity contribution in [2.75, 3.05) is 39.3 Å². The second kappa shape index (κ2) is 6.32. The molecule has 1 saturated heterocycles. The van der Waals surface area contributed by atoms with E-state index in [0.29, 0.717) is 0 Å². The van der Waals surface area contributed by atoms with Gasteiger partial charge in [-0.25, -0.2) is 0 Å². The van der Waals surface area contributed by atoms with E-state index in [9.17, 15) is 0 Å². The van der Waals surface area contributed by atoms with E-state index in [0.717, 1.165) is 25.3 Å². The van der Waals surface area contributed by atoms with Crippen molar-refractivity contribution in [1.82, 2.24) is 10.3 Å². The van der Waals surface area contributed by atoms with Gasteiger partial charge in [-0.15, -0.1) is 0 Å². The molecular weight excluding hydrogens is 242 g/mol. The molecule has 2 heterocycles. The van der Waals surface area contributed by atoms with Crippen LogP contribution in [0.2, 0.25) is 0 Å². The number of anilines is 1. The molecule has 0 saturated carbocycles. The molecule has 0 aliphatic carbocycles. The van der Waals surface area contributed by atoms with E-state index in [1.54, 1.807) is 14.2 Å². The maximum atomic E-state index is 5.50. The van der Waals surface area contributed by atoms with Crippen molar-refractivity contribution in [2.45, 2.75) is 25.7 Å². The average molecular weight is 265 g/mol. The number of aromatic nitrogens is 1. The summed E-state index contributed by atoms with van der Waals surface area (Å²) >= 11 is 0. The van der Waals surface area contributed by atoms with Crippen LogP contribution in [0.4, 0.5) is 5.69 Å². The van der Waals surface area contributed by atoms with Crippen LogP contribution in [0.25, 0.3) is 0 Å². The van der Waals surface area contributed by atoms with Gasteiger partial charge in [-0.2, -0.15) is 0 Å². The second-order valence-corrected chi connectivity index (χ2v) is 4.94. The number of pyridine rings is 1. The zero-order valence-electron chi connectivity index (χ0n) is 12.1. The molecule has 0 aromatic carbocycles. The van der Waals surface area contributed by atoms with Gasteiger partial charge in [-0.3, -0.25) is 4.98 Å². The molecule has 0 radical (unpaired) electrons. The third-order valence-electron chi connectivity index (χ3n) is 3.63. The maximum absolute atomic E-state index is 5.50. The highest BCUT2D eigenvalue weighted by Crippen LogP contribution is 2.27. The zero-order chi connectivity index (χ0) is 13.8. The fraction of sp³-hybridized carbons (Fsp3) is 0.643. The Kier molecular flexibility index (Phi) is 4.74. The first-order valence-corrected chi connectivity index (χ1v) is 6.60. The fourth-order valence-electron chi connectivity index (χ4n) is 2.59. The first-order chi connectivity index (χ1) is 9.19. The van der Waals surface area contributed by atoms with E-state index in [1.165, 1.54) is 11.3 Å². The molecule has 0 bridgehead atoms. The molecule has 1 aromatic heterocycles. The Bertz CT molecular complexity index is 413. The number of rotatable bonds is 5. The van der Waals surface area contributed by atoms with Crippen molar-refractivity contribution in [3.8, 4) is 0 Å². The number of hydrogen-bond donors (Lipinski definition) is 1. The van der Waals surface area contributed by atoms with Crippen LogP contribution in [-0.2, 0) is 16.0 Å². The Balaban J connectivity index is 2.24. The SMILES string of the molecule is CNCc1cnc(C)cc1N1CC(OC)C(OC)C1. The molecule has 1 fully saturated rings. The molecule has 5 heteroatoms.